The highest BCUT2D eigenvalue weighted by molar-refractivity contribution is 6.21. The molecule has 2 saturated carbocycles. The smallest absolute Gasteiger partial charge is 0.303 e. The average molecular weight is 399 g/mol. The summed E-state index contributed by atoms with van der Waals surface area (Å²) in [6.07, 6.45) is 15.5. The normalized spacial score (nSPS) is 31.4. The number of hydrogen-bond acceptors (Lipinski definition) is 3. The maximum atomic E-state index is 10.5. The van der Waals surface area contributed by atoms with Crippen LogP contribution in [-0.2, 0) is 4.79 Å². The highest BCUT2D eigenvalue weighted by Crippen LogP contribution is 2.47. The van der Waals surface area contributed by atoms with Gasteiger partial charge in [0.15, 0.2) is 0 Å². The van der Waals surface area contributed by atoms with Gasteiger partial charge in [0.25, 0.3) is 0 Å². The van der Waals surface area contributed by atoms with E-state index in [4.69, 9.17) is 16.7 Å². The van der Waals surface area contributed by atoms with Crippen LogP contribution in [0.4, 0.5) is 0 Å². The number of carboxylic acids is 1. The highest BCUT2D eigenvalue weighted by Gasteiger charge is 2.42. The number of carboxylic acid groups (broad SMARTS) is 1. The average Bonchev–Trinajstić information content (AvgIpc) is 2.84. The van der Waals surface area contributed by atoms with Crippen LogP contribution in [0.5, 0.6) is 0 Å². The van der Waals surface area contributed by atoms with Crippen LogP contribution in [0.2, 0.25) is 0 Å². The number of aliphatic hydroxyl groups excluding tert-OH is 2. The van der Waals surface area contributed by atoms with E-state index in [2.05, 4.69) is 19.1 Å². The molecule has 0 bridgehead atoms. The number of halogens is 1. The molecule has 4 nitrogen and oxygen atoms in total. The summed E-state index contributed by atoms with van der Waals surface area (Å²) in [5.74, 6) is -0.570. The molecule has 0 heterocycles. The number of carbonyl (C=O) groups is 1. The van der Waals surface area contributed by atoms with Gasteiger partial charge in [-0.1, -0.05) is 37.6 Å². The molecule has 0 aromatic rings. The van der Waals surface area contributed by atoms with E-state index in [1.165, 1.54) is 6.42 Å². The molecule has 2 aliphatic carbocycles. The minimum absolute atomic E-state index is 0.0161. The monoisotopic (exact) mass is 398 g/mol. The molecule has 3 N–H and O–H groups in total. The largest absolute Gasteiger partial charge is 0.481 e. The van der Waals surface area contributed by atoms with Crippen LogP contribution in [-0.4, -0.2) is 38.9 Å². The van der Waals surface area contributed by atoms with Gasteiger partial charge in [-0.3, -0.25) is 4.79 Å². The molecule has 0 aromatic carbocycles. The van der Waals surface area contributed by atoms with Gasteiger partial charge in [0, 0.05) is 17.7 Å². The lowest BCUT2D eigenvalue weighted by Gasteiger charge is -2.45. The van der Waals surface area contributed by atoms with Crippen molar-refractivity contribution in [2.75, 3.05) is 0 Å². The van der Waals surface area contributed by atoms with Crippen LogP contribution >= 0.6 is 11.6 Å². The summed E-state index contributed by atoms with van der Waals surface area (Å²) in [6, 6.07) is 0. The predicted molar refractivity (Wildman–Crippen MR) is 109 cm³/mol. The molecular formula is C22H35ClO4. The van der Waals surface area contributed by atoms with Gasteiger partial charge in [-0.2, -0.15) is 0 Å². The summed E-state index contributed by atoms with van der Waals surface area (Å²) in [5, 5.41) is 29.5. The fourth-order valence-electron chi connectivity index (χ4n) is 4.58. The van der Waals surface area contributed by atoms with E-state index in [-0.39, 0.29) is 35.2 Å². The fraction of sp³-hybridized carbons (Fsp3) is 0.773. The van der Waals surface area contributed by atoms with Crippen LogP contribution in [0.15, 0.2) is 24.3 Å². The Morgan fingerprint density at radius 1 is 1.30 bits per heavy atom. The van der Waals surface area contributed by atoms with Crippen molar-refractivity contribution in [3.8, 4) is 0 Å². The van der Waals surface area contributed by atoms with Gasteiger partial charge in [0.1, 0.15) is 0 Å². The van der Waals surface area contributed by atoms with E-state index < -0.39 is 12.1 Å². The molecule has 0 saturated heterocycles. The standard InChI is InChI=1S/C22H35ClO4/c1-2-22(13-8-14-22)20(25)11-7-10-17-16(18(23)15-19(17)24)9-5-3-4-6-12-21(26)27/h3,5,7,10,16-20,24-25H,2,4,6,8-9,11-15H2,1H3,(H,26,27)/t16-,17-,18-,19-,20?/m1/s1. The van der Waals surface area contributed by atoms with Crippen LogP contribution in [0.1, 0.15) is 71.1 Å². The molecule has 5 atom stereocenters. The molecular weight excluding hydrogens is 364 g/mol. The first-order chi connectivity index (χ1) is 12.9. The molecule has 0 radical (unpaired) electrons. The minimum atomic E-state index is -0.762. The van der Waals surface area contributed by atoms with Crippen LogP contribution in [0, 0.1) is 17.3 Å². The molecule has 27 heavy (non-hydrogen) atoms. The number of alkyl halides is 1. The molecule has 0 spiro atoms. The maximum Gasteiger partial charge on any atom is 0.303 e. The first-order valence-electron chi connectivity index (χ1n) is 10.4. The second kappa shape index (κ2) is 10.6. The van der Waals surface area contributed by atoms with Crippen LogP contribution in [0.3, 0.4) is 0 Å². The zero-order valence-corrected chi connectivity index (χ0v) is 17.2. The van der Waals surface area contributed by atoms with Gasteiger partial charge in [-0.15, -0.1) is 11.6 Å². The number of unbranched alkanes of at least 4 members (excludes halogenated alkanes) is 1. The molecule has 0 aromatic heterocycles. The topological polar surface area (TPSA) is 77.8 Å². The Bertz CT molecular complexity index is 521. The van der Waals surface area contributed by atoms with Crippen LogP contribution in [0.25, 0.3) is 0 Å². The Kier molecular flexibility index (Phi) is 8.84. The number of rotatable bonds is 11. The first kappa shape index (κ1) is 22.4. The van der Waals surface area contributed by atoms with Gasteiger partial charge >= 0.3 is 5.97 Å². The molecule has 0 amide bonds. The van der Waals surface area contributed by atoms with E-state index >= 15 is 0 Å². The van der Waals surface area contributed by atoms with Gasteiger partial charge < -0.3 is 15.3 Å². The summed E-state index contributed by atoms with van der Waals surface area (Å²) < 4.78 is 0. The third kappa shape index (κ3) is 6.07. The maximum absolute atomic E-state index is 10.5. The molecule has 2 aliphatic rings. The lowest BCUT2D eigenvalue weighted by atomic mass is 9.63. The van der Waals surface area contributed by atoms with Crippen molar-refractivity contribution < 1.29 is 20.1 Å². The van der Waals surface area contributed by atoms with Crippen molar-refractivity contribution >= 4 is 17.6 Å². The third-order valence-corrected chi connectivity index (χ3v) is 7.19. The van der Waals surface area contributed by atoms with Crippen molar-refractivity contribution in [2.45, 2.75) is 88.7 Å². The molecule has 2 fully saturated rings. The summed E-state index contributed by atoms with van der Waals surface area (Å²) in [7, 11) is 0. The van der Waals surface area contributed by atoms with E-state index in [1.54, 1.807) is 0 Å². The van der Waals surface area contributed by atoms with Crippen molar-refractivity contribution in [3.63, 3.8) is 0 Å². The number of allylic oxidation sites excluding steroid dienone is 2. The summed E-state index contributed by atoms with van der Waals surface area (Å²) in [6.45, 7) is 2.16. The van der Waals surface area contributed by atoms with E-state index in [1.807, 2.05) is 12.2 Å². The van der Waals surface area contributed by atoms with E-state index in [9.17, 15) is 15.0 Å². The third-order valence-electron chi connectivity index (χ3n) is 6.68. The zero-order valence-electron chi connectivity index (χ0n) is 16.4. The van der Waals surface area contributed by atoms with Crippen molar-refractivity contribution in [1.82, 2.24) is 0 Å². The Morgan fingerprint density at radius 3 is 2.63 bits per heavy atom. The Hall–Kier alpha value is -0.840. The number of hydrogen-bond donors (Lipinski definition) is 3. The van der Waals surface area contributed by atoms with E-state index in [0.29, 0.717) is 19.3 Å². The van der Waals surface area contributed by atoms with Crippen molar-refractivity contribution in [2.24, 2.45) is 17.3 Å². The zero-order chi connectivity index (χ0) is 19.9. The lowest BCUT2D eigenvalue weighted by Crippen LogP contribution is -2.40. The second-order valence-electron chi connectivity index (χ2n) is 8.30. The number of aliphatic hydroxyl groups is 2. The van der Waals surface area contributed by atoms with E-state index in [0.717, 1.165) is 32.1 Å². The lowest BCUT2D eigenvalue weighted by molar-refractivity contribution is -0.137. The van der Waals surface area contributed by atoms with Crippen molar-refractivity contribution in [1.29, 1.82) is 0 Å². The fourth-order valence-corrected chi connectivity index (χ4v) is 5.03. The first-order valence-corrected chi connectivity index (χ1v) is 10.9. The predicted octanol–water partition coefficient (Wildman–Crippen LogP) is 4.68. The molecule has 5 heteroatoms. The Morgan fingerprint density at radius 2 is 2.04 bits per heavy atom. The second-order valence-corrected chi connectivity index (χ2v) is 8.86. The van der Waals surface area contributed by atoms with Gasteiger partial charge in [-0.25, -0.2) is 0 Å². The molecule has 0 aliphatic heterocycles. The van der Waals surface area contributed by atoms with Crippen molar-refractivity contribution in [3.05, 3.63) is 24.3 Å². The minimum Gasteiger partial charge on any atom is -0.481 e. The number of aliphatic carboxylic acids is 1. The van der Waals surface area contributed by atoms with Crippen LogP contribution < -0.4 is 0 Å². The molecule has 154 valence electrons. The summed E-state index contributed by atoms with van der Waals surface area (Å²) >= 11 is 6.46. The van der Waals surface area contributed by atoms with Gasteiger partial charge in [0.2, 0.25) is 0 Å². The summed E-state index contributed by atoms with van der Waals surface area (Å²) in [5.41, 5.74) is 0.103. The summed E-state index contributed by atoms with van der Waals surface area (Å²) in [4.78, 5) is 10.5. The van der Waals surface area contributed by atoms with Gasteiger partial charge in [0.05, 0.1) is 12.2 Å². The Labute approximate surface area is 168 Å². The highest BCUT2D eigenvalue weighted by atomic mass is 35.5. The Balaban J connectivity index is 1.83. The molecule has 2 rings (SSSR count). The van der Waals surface area contributed by atoms with Gasteiger partial charge in [-0.05, 0) is 62.7 Å². The molecule has 1 unspecified atom stereocenters. The quantitative estimate of drug-likeness (QED) is 0.268. The SMILES string of the molecule is CCC1(C(O)CC=C[C@@H]2[C@@H](CC=CCCCC(=O)O)[C@H](Cl)C[C@H]2O)CCC1.